The largest absolute Gasteiger partial charge is 0.497 e. The molecule has 0 saturated carbocycles. The average molecular weight is 505 g/mol. The van der Waals surface area contributed by atoms with Crippen LogP contribution in [-0.2, 0) is 4.79 Å². The third-order valence-electron chi connectivity index (χ3n) is 6.06. The van der Waals surface area contributed by atoms with Crippen molar-refractivity contribution in [1.29, 1.82) is 0 Å². The lowest BCUT2D eigenvalue weighted by Gasteiger charge is -2.23. The van der Waals surface area contributed by atoms with Crippen LogP contribution in [0.5, 0.6) is 28.7 Å². The smallest absolute Gasteiger partial charge is 0.281 e. The molecule has 3 aromatic rings. The molecule has 0 bridgehead atoms. The van der Waals surface area contributed by atoms with E-state index < -0.39 is 0 Å². The molecule has 1 aliphatic heterocycles. The van der Waals surface area contributed by atoms with Gasteiger partial charge in [0.1, 0.15) is 12.0 Å². The summed E-state index contributed by atoms with van der Waals surface area (Å²) in [5, 5.41) is 6.12. The molecule has 3 aromatic carbocycles. The summed E-state index contributed by atoms with van der Waals surface area (Å²) in [6.45, 7) is -0.278. The van der Waals surface area contributed by atoms with Crippen molar-refractivity contribution in [3.8, 4) is 28.7 Å². The van der Waals surface area contributed by atoms with Crippen LogP contribution in [0.15, 0.2) is 65.8 Å². The Morgan fingerprint density at radius 3 is 2.19 bits per heavy atom. The fraction of sp³-hybridized carbons (Fsp3) is 0.250. The van der Waals surface area contributed by atoms with Gasteiger partial charge in [0.05, 0.1) is 40.2 Å². The summed E-state index contributed by atoms with van der Waals surface area (Å²) in [6.07, 6.45) is 1.20. The molecule has 9 heteroatoms. The van der Waals surface area contributed by atoms with Gasteiger partial charge in [0.15, 0.2) is 29.6 Å². The highest BCUT2D eigenvalue weighted by molar-refractivity contribution is 6.03. The average Bonchev–Trinajstić information content (AvgIpc) is 3.41. The summed E-state index contributed by atoms with van der Waals surface area (Å²) in [5.41, 5.74) is 2.92. The molecule has 1 unspecified atom stereocenters. The lowest BCUT2D eigenvalue weighted by Crippen LogP contribution is -2.31. The van der Waals surface area contributed by atoms with Gasteiger partial charge >= 0.3 is 0 Å². The van der Waals surface area contributed by atoms with Crippen molar-refractivity contribution in [2.24, 2.45) is 5.10 Å². The van der Waals surface area contributed by atoms with Gasteiger partial charge in [-0.15, -0.1) is 0 Å². The topological polar surface area (TPSA) is 95.9 Å². The van der Waals surface area contributed by atoms with E-state index in [9.17, 15) is 9.59 Å². The van der Waals surface area contributed by atoms with Crippen molar-refractivity contribution < 1.29 is 33.3 Å². The number of aldehydes is 1. The predicted octanol–water partition coefficient (Wildman–Crippen LogP) is 4.29. The maximum absolute atomic E-state index is 13.4. The molecule has 192 valence electrons. The number of hydrogen-bond donors (Lipinski definition) is 0. The van der Waals surface area contributed by atoms with Gasteiger partial charge in [-0.05, 0) is 65.7 Å². The molecule has 1 aliphatic rings. The van der Waals surface area contributed by atoms with Gasteiger partial charge in [0, 0.05) is 12.0 Å². The van der Waals surface area contributed by atoms with E-state index in [-0.39, 0.29) is 18.6 Å². The first-order chi connectivity index (χ1) is 18.0. The minimum Gasteiger partial charge on any atom is -0.497 e. The van der Waals surface area contributed by atoms with E-state index in [1.54, 1.807) is 45.6 Å². The van der Waals surface area contributed by atoms with Crippen LogP contribution >= 0.6 is 0 Å². The Labute approximate surface area is 215 Å². The molecule has 0 aliphatic carbocycles. The second-order valence-corrected chi connectivity index (χ2v) is 8.16. The van der Waals surface area contributed by atoms with Crippen LogP contribution < -0.4 is 23.7 Å². The number of hydrogen-bond acceptors (Lipinski definition) is 8. The van der Waals surface area contributed by atoms with E-state index in [4.69, 9.17) is 23.7 Å². The zero-order valence-electron chi connectivity index (χ0n) is 21.1. The molecule has 4 rings (SSSR count). The normalized spacial score (nSPS) is 14.5. The van der Waals surface area contributed by atoms with Crippen molar-refractivity contribution in [1.82, 2.24) is 5.01 Å². The first-order valence-electron chi connectivity index (χ1n) is 11.5. The Morgan fingerprint density at radius 1 is 0.865 bits per heavy atom. The number of rotatable bonds is 10. The molecule has 1 heterocycles. The first-order valence-corrected chi connectivity index (χ1v) is 11.5. The van der Waals surface area contributed by atoms with E-state index in [1.165, 1.54) is 12.1 Å². The molecule has 0 N–H and O–H groups in total. The molecular formula is C28H28N2O7. The van der Waals surface area contributed by atoms with Crippen LogP contribution in [0.3, 0.4) is 0 Å². The minimum absolute atomic E-state index is 0.278. The van der Waals surface area contributed by atoms with E-state index in [0.29, 0.717) is 41.3 Å². The van der Waals surface area contributed by atoms with Crippen molar-refractivity contribution in [2.75, 3.05) is 35.0 Å². The zero-order chi connectivity index (χ0) is 26.4. The van der Waals surface area contributed by atoms with Crippen molar-refractivity contribution in [2.45, 2.75) is 12.5 Å². The molecular weight excluding hydrogens is 476 g/mol. The Balaban J connectivity index is 1.62. The summed E-state index contributed by atoms with van der Waals surface area (Å²) in [5.74, 6) is 2.24. The van der Waals surface area contributed by atoms with Gasteiger partial charge in [-0.2, -0.15) is 5.10 Å². The number of ether oxygens (including phenoxy) is 5. The Kier molecular flexibility index (Phi) is 7.92. The summed E-state index contributed by atoms with van der Waals surface area (Å²) < 4.78 is 27.2. The third-order valence-corrected chi connectivity index (χ3v) is 6.06. The number of amides is 1. The summed E-state index contributed by atoms with van der Waals surface area (Å²) in [6, 6.07) is 17.4. The highest BCUT2D eigenvalue weighted by Crippen LogP contribution is 2.38. The molecule has 37 heavy (non-hydrogen) atoms. The minimum atomic E-state index is -0.382. The van der Waals surface area contributed by atoms with Crippen LogP contribution in [-0.4, -0.2) is 58.0 Å². The summed E-state index contributed by atoms with van der Waals surface area (Å²) in [7, 11) is 6.21. The number of hydrazone groups is 1. The van der Waals surface area contributed by atoms with Gasteiger partial charge in [-0.1, -0.05) is 6.07 Å². The predicted molar refractivity (Wildman–Crippen MR) is 137 cm³/mol. The van der Waals surface area contributed by atoms with Crippen LogP contribution in [0, 0.1) is 0 Å². The molecule has 0 fully saturated rings. The number of carbonyl (C=O) groups excluding carboxylic acids is 2. The number of benzene rings is 3. The number of carbonyl (C=O) groups is 2. The van der Waals surface area contributed by atoms with Gasteiger partial charge < -0.3 is 23.7 Å². The molecule has 1 atom stereocenters. The second-order valence-electron chi connectivity index (χ2n) is 8.16. The first kappa shape index (κ1) is 25.6. The fourth-order valence-corrected chi connectivity index (χ4v) is 4.10. The lowest BCUT2D eigenvalue weighted by atomic mass is 9.98. The van der Waals surface area contributed by atoms with Gasteiger partial charge in [-0.3, -0.25) is 9.59 Å². The summed E-state index contributed by atoms with van der Waals surface area (Å²) >= 11 is 0. The van der Waals surface area contributed by atoms with E-state index in [2.05, 4.69) is 5.10 Å². The van der Waals surface area contributed by atoms with E-state index in [1.807, 2.05) is 36.4 Å². The lowest BCUT2D eigenvalue weighted by molar-refractivity contribution is -0.135. The van der Waals surface area contributed by atoms with E-state index >= 15 is 0 Å². The Bertz CT molecular complexity index is 1300. The third kappa shape index (κ3) is 5.50. The highest BCUT2D eigenvalue weighted by Gasteiger charge is 2.34. The molecule has 0 aromatic heterocycles. The maximum Gasteiger partial charge on any atom is 0.281 e. The number of nitrogens with zero attached hydrogens (tertiary/aromatic N) is 2. The molecule has 1 amide bonds. The van der Waals surface area contributed by atoms with E-state index in [0.717, 1.165) is 22.6 Å². The van der Waals surface area contributed by atoms with Crippen molar-refractivity contribution >= 4 is 17.9 Å². The van der Waals surface area contributed by atoms with Crippen LogP contribution in [0.2, 0.25) is 0 Å². The van der Waals surface area contributed by atoms with Crippen molar-refractivity contribution in [3.05, 3.63) is 77.4 Å². The van der Waals surface area contributed by atoms with Crippen LogP contribution in [0.1, 0.15) is 33.9 Å². The monoisotopic (exact) mass is 504 g/mol. The second kappa shape index (κ2) is 11.5. The van der Waals surface area contributed by atoms with Gasteiger partial charge in [-0.25, -0.2) is 5.01 Å². The SMILES string of the molecule is COc1ccc(C2=NN(C(=O)COc3ccc(C=O)cc3OC)C(c3ccc(OC)c(OC)c3)C2)cc1. The zero-order valence-corrected chi connectivity index (χ0v) is 21.1. The summed E-state index contributed by atoms with van der Waals surface area (Å²) in [4.78, 5) is 24.5. The standard InChI is InChI=1S/C28H28N2O7/c1-33-21-9-6-19(7-10-21)22-15-23(20-8-12-24(34-2)27(14-20)36-4)30(29-22)28(32)17-37-25-11-5-18(16-31)13-26(25)35-3/h5-14,16,23H,15,17H2,1-4H3. The quantitative estimate of drug-likeness (QED) is 0.380. The van der Waals surface area contributed by atoms with Crippen LogP contribution in [0.25, 0.3) is 0 Å². The van der Waals surface area contributed by atoms with Crippen LogP contribution in [0.4, 0.5) is 0 Å². The Hall–Kier alpha value is -4.53. The van der Waals surface area contributed by atoms with Crippen molar-refractivity contribution in [3.63, 3.8) is 0 Å². The van der Waals surface area contributed by atoms with Gasteiger partial charge in [0.2, 0.25) is 0 Å². The molecule has 0 radical (unpaired) electrons. The Morgan fingerprint density at radius 2 is 1.54 bits per heavy atom. The maximum atomic E-state index is 13.4. The van der Waals surface area contributed by atoms with Gasteiger partial charge in [0.25, 0.3) is 5.91 Å². The molecule has 9 nitrogen and oxygen atoms in total. The number of methoxy groups -OCH3 is 4. The molecule has 0 saturated heterocycles. The molecule has 0 spiro atoms. The highest BCUT2D eigenvalue weighted by atomic mass is 16.5. The fourth-order valence-electron chi connectivity index (χ4n) is 4.10.